The van der Waals surface area contributed by atoms with Gasteiger partial charge in [-0.2, -0.15) is 0 Å². The van der Waals surface area contributed by atoms with Crippen LogP contribution in [0.1, 0.15) is 31.7 Å². The molecule has 0 radical (unpaired) electrons. The molecule has 1 aliphatic rings. The minimum Gasteiger partial charge on any atom is -0.478 e. The molecule has 1 N–H and O–H groups in total. The third-order valence-electron chi connectivity index (χ3n) is 3.71. The van der Waals surface area contributed by atoms with Gasteiger partial charge >= 0.3 is 5.97 Å². The van der Waals surface area contributed by atoms with Gasteiger partial charge in [-0.05, 0) is 37.0 Å². The maximum atomic E-state index is 10.6. The number of carbonyl (C=O) groups is 1. The fourth-order valence-electron chi connectivity index (χ4n) is 2.52. The van der Waals surface area contributed by atoms with Gasteiger partial charge < -0.3 is 10.0 Å². The highest BCUT2D eigenvalue weighted by atomic mass is 16.4. The summed E-state index contributed by atoms with van der Waals surface area (Å²) in [6.07, 6.45) is 8.17. The van der Waals surface area contributed by atoms with E-state index in [1.54, 1.807) is 12.3 Å². The molecule has 1 aromatic rings. The molecule has 0 atom stereocenters. The zero-order valence-corrected chi connectivity index (χ0v) is 11.2. The van der Waals surface area contributed by atoms with E-state index >= 15 is 0 Å². The summed E-state index contributed by atoms with van der Waals surface area (Å²) >= 11 is 0. The van der Waals surface area contributed by atoms with E-state index in [1.807, 2.05) is 12.1 Å². The fourth-order valence-corrected chi connectivity index (χ4v) is 2.52. The quantitative estimate of drug-likeness (QED) is 0.846. The van der Waals surface area contributed by atoms with Gasteiger partial charge in [0.25, 0.3) is 0 Å². The van der Waals surface area contributed by atoms with Gasteiger partial charge in [0.15, 0.2) is 0 Å². The van der Waals surface area contributed by atoms with Gasteiger partial charge in [0.05, 0.1) is 0 Å². The van der Waals surface area contributed by atoms with Crippen molar-refractivity contribution in [3.8, 4) is 0 Å². The van der Waals surface area contributed by atoms with Crippen molar-refractivity contribution in [1.82, 2.24) is 4.98 Å². The van der Waals surface area contributed by atoms with Crippen LogP contribution in [0.2, 0.25) is 0 Å². The number of carboxylic acid groups (broad SMARTS) is 1. The summed E-state index contributed by atoms with van der Waals surface area (Å²) in [5.41, 5.74) is 0.875. The van der Waals surface area contributed by atoms with Gasteiger partial charge in [-0.25, -0.2) is 9.78 Å². The average molecular weight is 260 g/mol. The van der Waals surface area contributed by atoms with Crippen molar-refractivity contribution in [3.05, 3.63) is 30.0 Å². The molecule has 4 heteroatoms. The molecule has 0 bridgehead atoms. The lowest BCUT2D eigenvalue weighted by Crippen LogP contribution is -2.34. The molecule has 4 nitrogen and oxygen atoms in total. The molecule has 0 aromatic carbocycles. The van der Waals surface area contributed by atoms with Crippen molar-refractivity contribution in [2.45, 2.75) is 26.2 Å². The van der Waals surface area contributed by atoms with Crippen LogP contribution in [-0.4, -0.2) is 29.1 Å². The molecule has 1 fully saturated rings. The maximum Gasteiger partial charge on any atom is 0.328 e. The van der Waals surface area contributed by atoms with Crippen molar-refractivity contribution in [3.63, 3.8) is 0 Å². The predicted octanol–water partition coefficient (Wildman–Crippen LogP) is 2.81. The Kier molecular flexibility index (Phi) is 4.55. The van der Waals surface area contributed by atoms with E-state index in [4.69, 9.17) is 5.11 Å². The predicted molar refractivity (Wildman–Crippen MR) is 76.1 cm³/mol. The minimum absolute atomic E-state index is 0.818. The molecule has 19 heavy (non-hydrogen) atoms. The first-order valence-corrected chi connectivity index (χ1v) is 6.81. The largest absolute Gasteiger partial charge is 0.478 e. The van der Waals surface area contributed by atoms with E-state index in [1.165, 1.54) is 25.3 Å². The lowest BCUT2D eigenvalue weighted by molar-refractivity contribution is -0.131. The fraction of sp³-hybridized carbons (Fsp3) is 0.467. The lowest BCUT2D eigenvalue weighted by atomic mass is 9.94. The highest BCUT2D eigenvalue weighted by molar-refractivity contribution is 5.86. The highest BCUT2D eigenvalue weighted by Gasteiger charge is 2.20. The molecular formula is C15H20N2O2. The molecular weight excluding hydrogens is 240 g/mol. The normalized spacial score (nSPS) is 17.0. The average Bonchev–Trinajstić information content (AvgIpc) is 2.45. The van der Waals surface area contributed by atoms with Gasteiger partial charge in [-0.1, -0.05) is 13.3 Å². The summed E-state index contributed by atoms with van der Waals surface area (Å²) in [5.74, 6) is 0.784. The van der Waals surface area contributed by atoms with E-state index in [0.29, 0.717) is 0 Å². The maximum absolute atomic E-state index is 10.6. The zero-order valence-electron chi connectivity index (χ0n) is 11.2. The van der Waals surface area contributed by atoms with Crippen LogP contribution in [0.15, 0.2) is 24.4 Å². The van der Waals surface area contributed by atoms with Crippen LogP contribution in [-0.2, 0) is 4.79 Å². The molecule has 0 unspecified atom stereocenters. The van der Waals surface area contributed by atoms with E-state index < -0.39 is 5.97 Å². The summed E-state index contributed by atoms with van der Waals surface area (Å²) in [4.78, 5) is 17.3. The molecule has 1 saturated heterocycles. The highest BCUT2D eigenvalue weighted by Crippen LogP contribution is 2.26. The summed E-state index contributed by atoms with van der Waals surface area (Å²) in [6, 6.07) is 3.75. The van der Waals surface area contributed by atoms with Crippen LogP contribution in [0.3, 0.4) is 0 Å². The van der Waals surface area contributed by atoms with Crippen LogP contribution < -0.4 is 4.90 Å². The Morgan fingerprint density at radius 2 is 2.26 bits per heavy atom. The van der Waals surface area contributed by atoms with Crippen LogP contribution in [0.5, 0.6) is 0 Å². The van der Waals surface area contributed by atoms with Crippen LogP contribution in [0.4, 0.5) is 5.82 Å². The smallest absolute Gasteiger partial charge is 0.328 e. The summed E-state index contributed by atoms with van der Waals surface area (Å²) < 4.78 is 0. The van der Waals surface area contributed by atoms with Crippen LogP contribution in [0, 0.1) is 5.92 Å². The molecule has 2 rings (SSSR count). The number of hydrogen-bond acceptors (Lipinski definition) is 3. The van der Waals surface area contributed by atoms with E-state index in [9.17, 15) is 4.79 Å². The van der Waals surface area contributed by atoms with Gasteiger partial charge in [0.2, 0.25) is 0 Å². The molecule has 102 valence electrons. The summed E-state index contributed by atoms with van der Waals surface area (Å²) in [7, 11) is 0. The first-order chi connectivity index (χ1) is 9.20. The second kappa shape index (κ2) is 6.36. The first kappa shape index (κ1) is 13.6. The van der Waals surface area contributed by atoms with Gasteiger partial charge in [-0.3, -0.25) is 0 Å². The van der Waals surface area contributed by atoms with Crippen LogP contribution >= 0.6 is 0 Å². The molecule has 1 aliphatic heterocycles. The van der Waals surface area contributed by atoms with Gasteiger partial charge in [-0.15, -0.1) is 0 Å². The van der Waals surface area contributed by atoms with Crippen molar-refractivity contribution >= 4 is 17.9 Å². The van der Waals surface area contributed by atoms with Crippen molar-refractivity contribution in [2.24, 2.45) is 5.92 Å². The third kappa shape index (κ3) is 3.56. The first-order valence-electron chi connectivity index (χ1n) is 6.81. The van der Waals surface area contributed by atoms with Crippen molar-refractivity contribution in [1.29, 1.82) is 0 Å². The Morgan fingerprint density at radius 1 is 1.53 bits per heavy atom. The Labute approximate surface area is 113 Å². The minimum atomic E-state index is -0.931. The lowest BCUT2D eigenvalue weighted by Gasteiger charge is -2.33. The molecule has 1 aromatic heterocycles. The van der Waals surface area contributed by atoms with Gasteiger partial charge in [0, 0.05) is 30.9 Å². The summed E-state index contributed by atoms with van der Waals surface area (Å²) in [6.45, 7) is 4.25. The van der Waals surface area contributed by atoms with Gasteiger partial charge in [0.1, 0.15) is 5.82 Å². The van der Waals surface area contributed by atoms with Crippen LogP contribution in [0.25, 0.3) is 6.08 Å². The number of hydrogen-bond donors (Lipinski definition) is 1. The standard InChI is InChI=1S/C15H20N2O2/c1-2-12-7-10-17(11-8-12)15-13(4-3-9-16-15)5-6-14(18)19/h3-6,9,12H,2,7-8,10-11H2,1H3,(H,18,19)/b6-5+. The second-order valence-electron chi connectivity index (χ2n) is 4.93. The number of aliphatic carboxylic acids is 1. The number of anilines is 1. The van der Waals surface area contributed by atoms with E-state index in [0.717, 1.165) is 30.4 Å². The topological polar surface area (TPSA) is 53.4 Å². The molecule has 0 spiro atoms. The number of pyridine rings is 1. The Hall–Kier alpha value is -1.84. The number of rotatable bonds is 4. The van der Waals surface area contributed by atoms with E-state index in [2.05, 4.69) is 16.8 Å². The summed E-state index contributed by atoms with van der Waals surface area (Å²) in [5, 5.41) is 8.72. The Morgan fingerprint density at radius 3 is 2.89 bits per heavy atom. The number of carboxylic acids is 1. The Balaban J connectivity index is 2.14. The van der Waals surface area contributed by atoms with Crippen molar-refractivity contribution < 1.29 is 9.90 Å². The van der Waals surface area contributed by atoms with E-state index in [-0.39, 0.29) is 0 Å². The Bertz CT molecular complexity index is 463. The molecule has 0 saturated carbocycles. The number of piperidine rings is 1. The third-order valence-corrected chi connectivity index (χ3v) is 3.71. The molecule has 2 heterocycles. The number of aromatic nitrogens is 1. The SMILES string of the molecule is CCC1CCN(c2ncccc2/C=C/C(=O)O)CC1. The zero-order chi connectivity index (χ0) is 13.7. The molecule has 0 amide bonds. The van der Waals surface area contributed by atoms with Crippen molar-refractivity contribution in [2.75, 3.05) is 18.0 Å². The molecule has 0 aliphatic carbocycles. The monoisotopic (exact) mass is 260 g/mol. The second-order valence-corrected chi connectivity index (χ2v) is 4.93. The number of nitrogens with zero attached hydrogens (tertiary/aromatic N) is 2.